The average Bonchev–Trinajstić information content (AvgIpc) is 2.77. The van der Waals surface area contributed by atoms with Gasteiger partial charge in [0.15, 0.2) is 5.71 Å². The molecule has 0 heterocycles. The zero-order chi connectivity index (χ0) is 19.0. The first kappa shape index (κ1) is 17.6. The molecule has 2 nitrogen and oxygen atoms in total. The Morgan fingerprint density at radius 2 is 1.39 bits per heavy atom. The number of fused-ring (bicyclic) bond motifs is 1. The summed E-state index contributed by atoms with van der Waals surface area (Å²) >= 11 is 0. The highest BCUT2D eigenvalue weighted by Gasteiger charge is 2.02. The van der Waals surface area contributed by atoms with Gasteiger partial charge < -0.3 is 4.84 Å². The highest BCUT2D eigenvalue weighted by molar-refractivity contribution is 6.12. The third-order valence-corrected chi connectivity index (χ3v) is 4.35. The molecule has 4 rings (SSSR count). The number of oxime groups is 1. The van der Waals surface area contributed by atoms with Gasteiger partial charge in [0.1, 0.15) is 6.61 Å². The number of nitrogens with zero attached hydrogens (tertiary/aromatic N) is 1. The third-order valence-electron chi connectivity index (χ3n) is 4.35. The van der Waals surface area contributed by atoms with Gasteiger partial charge >= 0.3 is 0 Å². The molecule has 0 aliphatic rings. The highest BCUT2D eigenvalue weighted by Crippen LogP contribution is 2.16. The Kier molecular flexibility index (Phi) is 5.46. The second-order valence-electron chi connectivity index (χ2n) is 6.38. The maximum Gasteiger partial charge on any atom is 0.160 e. The molecule has 2 heteroatoms. The molecule has 0 aliphatic heterocycles. The van der Waals surface area contributed by atoms with E-state index in [4.69, 9.17) is 4.84 Å². The molecule has 0 saturated carbocycles. The minimum Gasteiger partial charge on any atom is -0.390 e. The standard InChI is InChI=1S/C26H19NO/c1-3-9-21(10-4-1)16-18-26(24-12-5-2-6-13-24)27-28-20-22-15-17-23-11-7-8-14-25(23)19-22/h1-15,17,19H,20H2/b27-26+. The van der Waals surface area contributed by atoms with Gasteiger partial charge in [-0.2, -0.15) is 0 Å². The van der Waals surface area contributed by atoms with E-state index in [2.05, 4.69) is 47.3 Å². The van der Waals surface area contributed by atoms with Crippen LogP contribution in [0.1, 0.15) is 16.7 Å². The lowest BCUT2D eigenvalue weighted by molar-refractivity contribution is 0.131. The van der Waals surface area contributed by atoms with Gasteiger partial charge in [-0.3, -0.25) is 0 Å². The van der Waals surface area contributed by atoms with E-state index in [0.717, 1.165) is 16.7 Å². The van der Waals surface area contributed by atoms with E-state index < -0.39 is 0 Å². The van der Waals surface area contributed by atoms with Crippen LogP contribution >= 0.6 is 0 Å². The summed E-state index contributed by atoms with van der Waals surface area (Å²) in [6.45, 7) is 0.397. The summed E-state index contributed by atoms with van der Waals surface area (Å²) < 4.78 is 0. The first-order valence-corrected chi connectivity index (χ1v) is 9.19. The smallest absolute Gasteiger partial charge is 0.160 e. The molecular formula is C26H19NO. The average molecular weight is 361 g/mol. The van der Waals surface area contributed by atoms with Crippen LogP contribution < -0.4 is 0 Å². The predicted molar refractivity (Wildman–Crippen MR) is 115 cm³/mol. The molecular weight excluding hydrogens is 342 g/mol. The van der Waals surface area contributed by atoms with Crippen LogP contribution in [0.4, 0.5) is 0 Å². The molecule has 0 amide bonds. The van der Waals surface area contributed by atoms with E-state index in [-0.39, 0.29) is 0 Å². The summed E-state index contributed by atoms with van der Waals surface area (Å²) in [4.78, 5) is 5.66. The molecule has 0 aliphatic carbocycles. The molecule has 0 fully saturated rings. The van der Waals surface area contributed by atoms with Gasteiger partial charge in [-0.25, -0.2) is 0 Å². The van der Waals surface area contributed by atoms with Crippen LogP contribution in [0.15, 0.2) is 108 Å². The lowest BCUT2D eigenvalue weighted by atomic mass is 10.1. The first-order chi connectivity index (χ1) is 13.9. The van der Waals surface area contributed by atoms with Gasteiger partial charge in [-0.1, -0.05) is 96.0 Å². The zero-order valence-electron chi connectivity index (χ0n) is 15.4. The van der Waals surface area contributed by atoms with Crippen molar-refractivity contribution in [1.82, 2.24) is 0 Å². The Bertz CT molecular complexity index is 1150. The molecule has 0 atom stereocenters. The molecule has 0 bridgehead atoms. The monoisotopic (exact) mass is 361 g/mol. The summed E-state index contributed by atoms with van der Waals surface area (Å²) in [6, 6.07) is 34.3. The maximum absolute atomic E-state index is 5.66. The number of rotatable bonds is 4. The van der Waals surface area contributed by atoms with Gasteiger partial charge in [-0.05, 0) is 40.5 Å². The molecule has 0 N–H and O–H groups in total. The SMILES string of the molecule is C(#Cc1ccccc1)/C(=N\OCc1ccc2ccccc2c1)c1ccccc1. The van der Waals surface area contributed by atoms with Gasteiger partial charge in [0.2, 0.25) is 0 Å². The van der Waals surface area contributed by atoms with Crippen molar-refractivity contribution in [3.8, 4) is 11.8 Å². The van der Waals surface area contributed by atoms with Crippen molar-refractivity contribution in [2.75, 3.05) is 0 Å². The lowest BCUT2D eigenvalue weighted by Gasteiger charge is -2.04. The van der Waals surface area contributed by atoms with Gasteiger partial charge in [0.25, 0.3) is 0 Å². The topological polar surface area (TPSA) is 21.6 Å². The molecule has 0 unspecified atom stereocenters. The maximum atomic E-state index is 5.66. The van der Waals surface area contributed by atoms with Gasteiger partial charge in [-0.15, -0.1) is 0 Å². The first-order valence-electron chi connectivity index (χ1n) is 9.19. The minimum absolute atomic E-state index is 0.397. The fraction of sp³-hybridized carbons (Fsp3) is 0.0385. The van der Waals surface area contributed by atoms with Gasteiger partial charge in [0, 0.05) is 11.1 Å². The highest BCUT2D eigenvalue weighted by atomic mass is 16.6. The van der Waals surface area contributed by atoms with Gasteiger partial charge in [0.05, 0.1) is 0 Å². The quantitative estimate of drug-likeness (QED) is 0.255. The molecule has 0 aromatic heterocycles. The van der Waals surface area contributed by atoms with Crippen LogP contribution in [0.5, 0.6) is 0 Å². The Balaban J connectivity index is 1.55. The summed E-state index contributed by atoms with van der Waals surface area (Å²) in [7, 11) is 0. The summed E-state index contributed by atoms with van der Waals surface area (Å²) in [5.41, 5.74) is 3.57. The summed E-state index contributed by atoms with van der Waals surface area (Å²) in [5, 5.41) is 6.74. The molecule has 28 heavy (non-hydrogen) atoms. The molecule has 0 spiro atoms. The van der Waals surface area contributed by atoms with Crippen LogP contribution in [0.3, 0.4) is 0 Å². The Labute approximate surface area is 165 Å². The predicted octanol–water partition coefficient (Wildman–Crippen LogP) is 5.81. The third kappa shape index (κ3) is 4.47. The van der Waals surface area contributed by atoms with Crippen LogP contribution in [0, 0.1) is 11.8 Å². The van der Waals surface area contributed by atoms with Crippen LogP contribution in [0.2, 0.25) is 0 Å². The van der Waals surface area contributed by atoms with Crippen molar-refractivity contribution in [2.24, 2.45) is 5.16 Å². The largest absolute Gasteiger partial charge is 0.390 e. The number of benzene rings is 4. The fourth-order valence-corrected chi connectivity index (χ4v) is 2.90. The summed E-state index contributed by atoms with van der Waals surface area (Å²) in [6.07, 6.45) is 0. The fourth-order valence-electron chi connectivity index (χ4n) is 2.90. The van der Waals surface area contributed by atoms with E-state index in [1.807, 2.05) is 72.8 Å². The van der Waals surface area contributed by atoms with Crippen LogP contribution in [-0.2, 0) is 11.4 Å². The lowest BCUT2D eigenvalue weighted by Crippen LogP contribution is -1.99. The summed E-state index contributed by atoms with van der Waals surface area (Å²) in [5.74, 6) is 6.30. The van der Waals surface area contributed by atoms with Crippen molar-refractivity contribution in [3.63, 3.8) is 0 Å². The molecule has 0 saturated heterocycles. The van der Waals surface area contributed by atoms with Crippen molar-refractivity contribution < 1.29 is 4.84 Å². The second kappa shape index (κ2) is 8.70. The Morgan fingerprint density at radius 3 is 2.18 bits per heavy atom. The van der Waals surface area contributed by atoms with E-state index in [1.165, 1.54) is 10.8 Å². The van der Waals surface area contributed by atoms with Crippen molar-refractivity contribution >= 4 is 16.5 Å². The van der Waals surface area contributed by atoms with Crippen LogP contribution in [0.25, 0.3) is 10.8 Å². The minimum atomic E-state index is 0.397. The van der Waals surface area contributed by atoms with Crippen LogP contribution in [-0.4, -0.2) is 5.71 Å². The normalized spacial score (nSPS) is 10.9. The van der Waals surface area contributed by atoms with E-state index in [9.17, 15) is 0 Å². The van der Waals surface area contributed by atoms with E-state index in [0.29, 0.717) is 12.3 Å². The number of hydrogen-bond acceptors (Lipinski definition) is 2. The van der Waals surface area contributed by atoms with Crippen molar-refractivity contribution in [1.29, 1.82) is 0 Å². The van der Waals surface area contributed by atoms with Crippen molar-refractivity contribution in [2.45, 2.75) is 6.61 Å². The van der Waals surface area contributed by atoms with E-state index >= 15 is 0 Å². The number of hydrogen-bond donors (Lipinski definition) is 0. The molecule has 4 aromatic rings. The second-order valence-corrected chi connectivity index (χ2v) is 6.38. The Morgan fingerprint density at radius 1 is 0.714 bits per heavy atom. The van der Waals surface area contributed by atoms with E-state index in [1.54, 1.807) is 0 Å². The molecule has 4 aromatic carbocycles. The Hall–Kier alpha value is -3.83. The molecule has 0 radical (unpaired) electrons. The zero-order valence-corrected chi connectivity index (χ0v) is 15.4. The molecule has 134 valence electrons. The van der Waals surface area contributed by atoms with Crippen molar-refractivity contribution in [3.05, 3.63) is 120 Å².